The quantitative estimate of drug-likeness (QED) is 0.843. The number of hydrogen-bond acceptors (Lipinski definition) is 2. The highest BCUT2D eigenvalue weighted by Crippen LogP contribution is 2.35. The highest BCUT2D eigenvalue weighted by atomic mass is 19.1. The summed E-state index contributed by atoms with van der Waals surface area (Å²) in [4.78, 5) is 11.6. The molecule has 98 valence electrons. The van der Waals surface area contributed by atoms with Crippen LogP contribution in [0.4, 0.5) is 4.39 Å². The van der Waals surface area contributed by atoms with Gasteiger partial charge in [0.2, 0.25) is 5.91 Å². The first-order chi connectivity index (χ1) is 8.49. The molecule has 4 heteroatoms. The number of hydrogen-bond donors (Lipinski definition) is 2. The van der Waals surface area contributed by atoms with Gasteiger partial charge >= 0.3 is 0 Å². The van der Waals surface area contributed by atoms with E-state index in [9.17, 15) is 9.18 Å². The van der Waals surface area contributed by atoms with Crippen molar-refractivity contribution < 1.29 is 9.18 Å². The SMILES string of the molecule is CC1CC(C)C(C(N)=O)C(c2ccc(F)cc2)N1. The zero-order chi connectivity index (χ0) is 13.3. The summed E-state index contributed by atoms with van der Waals surface area (Å²) >= 11 is 0. The Balaban J connectivity index is 2.31. The maximum atomic E-state index is 13.0. The van der Waals surface area contributed by atoms with Gasteiger partial charge in [-0.05, 0) is 37.0 Å². The molecule has 1 amide bonds. The van der Waals surface area contributed by atoms with Gasteiger partial charge in [-0.2, -0.15) is 0 Å². The lowest BCUT2D eigenvalue weighted by Gasteiger charge is -2.39. The van der Waals surface area contributed by atoms with Crippen LogP contribution < -0.4 is 11.1 Å². The second kappa shape index (κ2) is 5.06. The van der Waals surface area contributed by atoms with Gasteiger partial charge in [-0.3, -0.25) is 4.79 Å². The van der Waals surface area contributed by atoms with Crippen molar-refractivity contribution in [2.45, 2.75) is 32.4 Å². The Labute approximate surface area is 107 Å². The van der Waals surface area contributed by atoms with Crippen LogP contribution in [0.1, 0.15) is 31.9 Å². The average Bonchev–Trinajstić information content (AvgIpc) is 2.28. The van der Waals surface area contributed by atoms with Crippen molar-refractivity contribution in [3.63, 3.8) is 0 Å². The summed E-state index contributed by atoms with van der Waals surface area (Å²) in [6.07, 6.45) is 0.922. The fourth-order valence-electron chi connectivity index (χ4n) is 2.93. The lowest BCUT2D eigenvalue weighted by atomic mass is 9.76. The van der Waals surface area contributed by atoms with Gasteiger partial charge < -0.3 is 11.1 Å². The highest BCUT2D eigenvalue weighted by molar-refractivity contribution is 5.78. The monoisotopic (exact) mass is 250 g/mol. The molecule has 1 fully saturated rings. The Morgan fingerprint density at radius 1 is 1.33 bits per heavy atom. The van der Waals surface area contributed by atoms with Crippen molar-refractivity contribution in [3.8, 4) is 0 Å². The van der Waals surface area contributed by atoms with Crippen LogP contribution in [-0.2, 0) is 4.79 Å². The largest absolute Gasteiger partial charge is 0.369 e. The standard InChI is InChI=1S/C14H19FN2O/c1-8-7-9(2)17-13(12(8)14(16)18)10-3-5-11(15)6-4-10/h3-6,8-9,12-13,17H,7H2,1-2H3,(H2,16,18). The molecule has 1 aliphatic rings. The third-order valence-electron chi connectivity index (χ3n) is 3.72. The van der Waals surface area contributed by atoms with Gasteiger partial charge in [-0.1, -0.05) is 19.1 Å². The molecular weight excluding hydrogens is 231 g/mol. The second-order valence-electron chi connectivity index (χ2n) is 5.24. The number of benzene rings is 1. The van der Waals surface area contributed by atoms with Crippen molar-refractivity contribution in [2.75, 3.05) is 0 Å². The van der Waals surface area contributed by atoms with E-state index in [0.29, 0.717) is 6.04 Å². The van der Waals surface area contributed by atoms with E-state index in [1.807, 2.05) is 6.92 Å². The fourth-order valence-corrected chi connectivity index (χ4v) is 2.93. The summed E-state index contributed by atoms with van der Waals surface area (Å²) in [6, 6.07) is 6.46. The number of nitrogens with two attached hydrogens (primary N) is 1. The highest BCUT2D eigenvalue weighted by Gasteiger charge is 2.37. The minimum atomic E-state index is -0.295. The number of carbonyl (C=O) groups excluding carboxylic acids is 1. The average molecular weight is 250 g/mol. The minimum absolute atomic E-state index is 0.123. The molecule has 1 saturated heterocycles. The third-order valence-corrected chi connectivity index (χ3v) is 3.72. The van der Waals surface area contributed by atoms with Crippen LogP contribution >= 0.6 is 0 Å². The molecule has 1 aliphatic heterocycles. The number of halogens is 1. The maximum absolute atomic E-state index is 13.0. The Morgan fingerprint density at radius 3 is 2.50 bits per heavy atom. The van der Waals surface area contributed by atoms with Gasteiger partial charge in [0.05, 0.1) is 5.92 Å². The number of piperidine rings is 1. The van der Waals surface area contributed by atoms with Gasteiger partial charge in [0, 0.05) is 12.1 Å². The first-order valence-corrected chi connectivity index (χ1v) is 6.30. The van der Waals surface area contributed by atoms with E-state index in [1.165, 1.54) is 12.1 Å². The Bertz CT molecular complexity index is 432. The number of primary amides is 1. The van der Waals surface area contributed by atoms with Crippen molar-refractivity contribution in [1.82, 2.24) is 5.32 Å². The van der Waals surface area contributed by atoms with Crippen LogP contribution in [0.5, 0.6) is 0 Å². The minimum Gasteiger partial charge on any atom is -0.369 e. The Hall–Kier alpha value is -1.42. The molecule has 18 heavy (non-hydrogen) atoms. The summed E-state index contributed by atoms with van der Waals surface area (Å²) in [7, 11) is 0. The van der Waals surface area contributed by atoms with Crippen molar-refractivity contribution in [1.29, 1.82) is 0 Å². The summed E-state index contributed by atoms with van der Waals surface area (Å²) in [5.74, 6) is -0.581. The molecule has 3 N–H and O–H groups in total. The van der Waals surface area contributed by atoms with E-state index in [1.54, 1.807) is 12.1 Å². The predicted molar refractivity (Wildman–Crippen MR) is 68.2 cm³/mol. The summed E-state index contributed by atoms with van der Waals surface area (Å²) in [6.45, 7) is 4.13. The first kappa shape index (κ1) is 13.0. The van der Waals surface area contributed by atoms with Crippen molar-refractivity contribution in [3.05, 3.63) is 35.6 Å². The molecule has 2 rings (SSSR count). The topological polar surface area (TPSA) is 55.1 Å². The molecule has 0 aliphatic carbocycles. The molecule has 3 nitrogen and oxygen atoms in total. The van der Waals surface area contributed by atoms with Gasteiger partial charge in [-0.15, -0.1) is 0 Å². The molecule has 1 aromatic rings. The second-order valence-corrected chi connectivity index (χ2v) is 5.24. The van der Waals surface area contributed by atoms with Crippen LogP contribution in [0.3, 0.4) is 0 Å². The van der Waals surface area contributed by atoms with E-state index >= 15 is 0 Å². The molecular formula is C14H19FN2O. The molecule has 4 unspecified atom stereocenters. The third kappa shape index (κ3) is 2.53. The first-order valence-electron chi connectivity index (χ1n) is 6.30. The maximum Gasteiger partial charge on any atom is 0.222 e. The Morgan fingerprint density at radius 2 is 1.94 bits per heavy atom. The molecule has 0 radical (unpaired) electrons. The lowest BCUT2D eigenvalue weighted by Crippen LogP contribution is -2.49. The molecule has 0 spiro atoms. The molecule has 1 aromatic carbocycles. The van der Waals surface area contributed by atoms with E-state index in [0.717, 1.165) is 12.0 Å². The van der Waals surface area contributed by atoms with Crippen molar-refractivity contribution >= 4 is 5.91 Å². The smallest absolute Gasteiger partial charge is 0.222 e. The fraction of sp³-hybridized carbons (Fsp3) is 0.500. The number of carbonyl (C=O) groups is 1. The van der Waals surface area contributed by atoms with Gasteiger partial charge in [0.25, 0.3) is 0 Å². The number of rotatable bonds is 2. The summed E-state index contributed by atoms with van der Waals surface area (Å²) in [5, 5.41) is 3.39. The summed E-state index contributed by atoms with van der Waals surface area (Å²) < 4.78 is 13.0. The molecule has 1 heterocycles. The lowest BCUT2D eigenvalue weighted by molar-refractivity contribution is -0.125. The summed E-state index contributed by atoms with van der Waals surface area (Å²) in [5.41, 5.74) is 6.42. The normalized spacial score (nSPS) is 32.2. The molecule has 0 aromatic heterocycles. The predicted octanol–water partition coefficient (Wildman–Crippen LogP) is 1.99. The molecule has 4 atom stereocenters. The van der Waals surface area contributed by atoms with Crippen molar-refractivity contribution in [2.24, 2.45) is 17.6 Å². The van der Waals surface area contributed by atoms with Crippen LogP contribution in [-0.4, -0.2) is 11.9 Å². The van der Waals surface area contributed by atoms with Gasteiger partial charge in [0.15, 0.2) is 0 Å². The molecule has 0 saturated carbocycles. The number of nitrogens with one attached hydrogen (secondary N) is 1. The zero-order valence-corrected chi connectivity index (χ0v) is 10.7. The van der Waals surface area contributed by atoms with Crippen LogP contribution in [0, 0.1) is 17.7 Å². The zero-order valence-electron chi connectivity index (χ0n) is 10.7. The van der Waals surface area contributed by atoms with E-state index in [-0.39, 0.29) is 29.6 Å². The van der Waals surface area contributed by atoms with E-state index in [2.05, 4.69) is 12.2 Å². The van der Waals surface area contributed by atoms with Crippen LogP contribution in [0.2, 0.25) is 0 Å². The number of amides is 1. The van der Waals surface area contributed by atoms with E-state index < -0.39 is 0 Å². The molecule has 0 bridgehead atoms. The van der Waals surface area contributed by atoms with Gasteiger partial charge in [-0.25, -0.2) is 4.39 Å². The van der Waals surface area contributed by atoms with Crippen LogP contribution in [0.15, 0.2) is 24.3 Å². The Kier molecular flexibility index (Phi) is 3.66. The van der Waals surface area contributed by atoms with Gasteiger partial charge in [0.1, 0.15) is 5.82 Å². The van der Waals surface area contributed by atoms with E-state index in [4.69, 9.17) is 5.73 Å². The van der Waals surface area contributed by atoms with Crippen LogP contribution in [0.25, 0.3) is 0 Å².